The normalized spacial score (nSPS) is 11.3. The van der Waals surface area contributed by atoms with Gasteiger partial charge < -0.3 is 14.8 Å². The summed E-state index contributed by atoms with van der Waals surface area (Å²) in [5.74, 6) is 0.341. The van der Waals surface area contributed by atoms with Crippen LogP contribution in [0.15, 0.2) is 28.8 Å². The van der Waals surface area contributed by atoms with Crippen LogP contribution >= 0.6 is 0 Å². The number of aryl methyl sites for hydroxylation is 2. The minimum Gasteiger partial charge on any atom is -0.368 e. The lowest BCUT2D eigenvalue weighted by molar-refractivity contribution is 0.439. The van der Waals surface area contributed by atoms with E-state index in [0.717, 1.165) is 17.0 Å². The first-order valence-electron chi connectivity index (χ1n) is 5.86. The number of benzene rings is 1. The van der Waals surface area contributed by atoms with Gasteiger partial charge in [-0.2, -0.15) is 0 Å². The molecular weight excluding hydrogens is 226 g/mol. The number of rotatable bonds is 1. The molecule has 2 N–H and O–H groups in total. The molecule has 0 atom stereocenters. The fourth-order valence-electron chi connectivity index (χ4n) is 2.40. The van der Waals surface area contributed by atoms with Gasteiger partial charge in [0.15, 0.2) is 0 Å². The average molecular weight is 241 g/mol. The Morgan fingerprint density at radius 1 is 1.22 bits per heavy atom. The van der Waals surface area contributed by atoms with Gasteiger partial charge in [-0.25, -0.2) is 0 Å². The molecule has 4 nitrogen and oxygen atoms in total. The predicted molar refractivity (Wildman–Crippen MR) is 72.3 cm³/mol. The molecule has 0 aliphatic carbocycles. The second kappa shape index (κ2) is 3.63. The molecule has 1 aromatic carbocycles. The lowest BCUT2D eigenvalue weighted by atomic mass is 10.1. The zero-order valence-electron chi connectivity index (χ0n) is 10.7. The van der Waals surface area contributed by atoms with Crippen molar-refractivity contribution in [2.45, 2.75) is 13.8 Å². The molecule has 0 radical (unpaired) electrons. The number of aromatic nitrogens is 2. The molecule has 0 amide bonds. The van der Waals surface area contributed by atoms with Crippen LogP contribution in [-0.4, -0.2) is 9.72 Å². The molecule has 18 heavy (non-hydrogen) atoms. The number of nitrogen functional groups attached to an aromatic ring is 1. The van der Waals surface area contributed by atoms with Crippen molar-refractivity contribution in [1.82, 2.24) is 9.72 Å². The highest BCUT2D eigenvalue weighted by Crippen LogP contribution is 2.34. The fraction of sp³-hybridized carbons (Fsp3) is 0.214. The van der Waals surface area contributed by atoms with E-state index >= 15 is 0 Å². The highest BCUT2D eigenvalue weighted by atomic mass is 16.5. The maximum Gasteiger partial charge on any atom is 0.222 e. The van der Waals surface area contributed by atoms with Crippen LogP contribution in [0.3, 0.4) is 0 Å². The Bertz CT molecular complexity index is 737. The van der Waals surface area contributed by atoms with E-state index in [0.29, 0.717) is 5.88 Å². The molecule has 92 valence electrons. The topological polar surface area (TPSA) is 57.0 Å². The van der Waals surface area contributed by atoms with Crippen molar-refractivity contribution in [3.63, 3.8) is 0 Å². The SMILES string of the molecule is Cc1ccc2c(-c3cc(N)on3)c(C)n(C)c2c1. The first-order chi connectivity index (χ1) is 8.58. The molecule has 0 aliphatic heterocycles. The fourth-order valence-corrected chi connectivity index (χ4v) is 2.40. The third-order valence-electron chi connectivity index (χ3n) is 3.43. The lowest BCUT2D eigenvalue weighted by Crippen LogP contribution is -1.90. The average Bonchev–Trinajstić information content (AvgIpc) is 2.85. The molecule has 0 saturated carbocycles. The number of nitrogens with two attached hydrogens (primary N) is 1. The maximum atomic E-state index is 5.61. The second-order valence-corrected chi connectivity index (χ2v) is 4.65. The summed E-state index contributed by atoms with van der Waals surface area (Å²) in [4.78, 5) is 0. The zero-order valence-corrected chi connectivity index (χ0v) is 10.7. The maximum absolute atomic E-state index is 5.61. The summed E-state index contributed by atoms with van der Waals surface area (Å²) in [7, 11) is 2.06. The van der Waals surface area contributed by atoms with Crippen LogP contribution in [0.4, 0.5) is 5.88 Å². The van der Waals surface area contributed by atoms with Gasteiger partial charge in [0.25, 0.3) is 0 Å². The second-order valence-electron chi connectivity index (χ2n) is 4.65. The van der Waals surface area contributed by atoms with Crippen molar-refractivity contribution in [1.29, 1.82) is 0 Å². The molecule has 0 fully saturated rings. The Hall–Kier alpha value is -2.23. The van der Waals surface area contributed by atoms with E-state index in [1.54, 1.807) is 6.07 Å². The molecule has 0 spiro atoms. The number of nitrogens with zero attached hydrogens (tertiary/aromatic N) is 2. The van der Waals surface area contributed by atoms with Gasteiger partial charge in [0, 0.05) is 35.3 Å². The summed E-state index contributed by atoms with van der Waals surface area (Å²) in [6, 6.07) is 8.17. The Morgan fingerprint density at radius 3 is 2.67 bits per heavy atom. The van der Waals surface area contributed by atoms with E-state index in [2.05, 4.69) is 48.8 Å². The standard InChI is InChI=1S/C14H15N3O/c1-8-4-5-10-12(6-8)17(3)9(2)14(10)11-7-13(15)18-16-11/h4-7H,15H2,1-3H3. The number of hydrogen-bond acceptors (Lipinski definition) is 3. The molecule has 3 rings (SSSR count). The molecule has 0 unspecified atom stereocenters. The first-order valence-corrected chi connectivity index (χ1v) is 5.86. The summed E-state index contributed by atoms with van der Waals surface area (Å²) >= 11 is 0. The van der Waals surface area contributed by atoms with Crippen LogP contribution in [-0.2, 0) is 7.05 Å². The summed E-state index contributed by atoms with van der Waals surface area (Å²) in [5, 5.41) is 5.19. The Kier molecular flexibility index (Phi) is 2.20. The molecule has 0 bridgehead atoms. The van der Waals surface area contributed by atoms with Gasteiger partial charge >= 0.3 is 0 Å². The summed E-state index contributed by atoms with van der Waals surface area (Å²) in [6.07, 6.45) is 0. The van der Waals surface area contributed by atoms with Gasteiger partial charge in [0.1, 0.15) is 5.69 Å². The van der Waals surface area contributed by atoms with Gasteiger partial charge in [0.2, 0.25) is 5.88 Å². The molecule has 0 saturated heterocycles. The van der Waals surface area contributed by atoms with Gasteiger partial charge in [-0.1, -0.05) is 17.3 Å². The van der Waals surface area contributed by atoms with E-state index in [-0.39, 0.29) is 0 Å². The monoisotopic (exact) mass is 241 g/mol. The summed E-state index contributed by atoms with van der Waals surface area (Å²) in [5.41, 5.74) is 11.1. The van der Waals surface area contributed by atoms with Crippen molar-refractivity contribution >= 4 is 16.8 Å². The Balaban J connectivity index is 2.39. The van der Waals surface area contributed by atoms with Gasteiger partial charge in [0.05, 0.1) is 0 Å². The predicted octanol–water partition coefficient (Wildman–Crippen LogP) is 3.03. The van der Waals surface area contributed by atoms with Crippen LogP contribution in [0, 0.1) is 13.8 Å². The number of anilines is 1. The third-order valence-corrected chi connectivity index (χ3v) is 3.43. The van der Waals surface area contributed by atoms with Crippen LogP contribution in [0.25, 0.3) is 22.2 Å². The van der Waals surface area contributed by atoms with E-state index < -0.39 is 0 Å². The Morgan fingerprint density at radius 2 is 2.00 bits per heavy atom. The van der Waals surface area contributed by atoms with Crippen LogP contribution < -0.4 is 5.73 Å². The number of fused-ring (bicyclic) bond motifs is 1. The Labute approximate surface area is 105 Å². The number of hydrogen-bond donors (Lipinski definition) is 1. The van der Waals surface area contributed by atoms with Crippen LogP contribution in [0.2, 0.25) is 0 Å². The van der Waals surface area contributed by atoms with E-state index in [1.807, 2.05) is 0 Å². The molecule has 3 aromatic rings. The smallest absolute Gasteiger partial charge is 0.222 e. The van der Waals surface area contributed by atoms with E-state index in [9.17, 15) is 0 Å². The van der Waals surface area contributed by atoms with Crippen molar-refractivity contribution < 1.29 is 4.52 Å². The molecule has 2 heterocycles. The summed E-state index contributed by atoms with van der Waals surface area (Å²) < 4.78 is 7.14. The van der Waals surface area contributed by atoms with E-state index in [4.69, 9.17) is 10.3 Å². The van der Waals surface area contributed by atoms with Crippen molar-refractivity contribution in [3.8, 4) is 11.3 Å². The lowest BCUT2D eigenvalue weighted by Gasteiger charge is -1.98. The highest BCUT2D eigenvalue weighted by Gasteiger charge is 2.16. The van der Waals surface area contributed by atoms with Gasteiger partial charge in [-0.15, -0.1) is 0 Å². The molecule has 4 heteroatoms. The van der Waals surface area contributed by atoms with Crippen molar-refractivity contribution in [2.75, 3.05) is 5.73 Å². The van der Waals surface area contributed by atoms with Crippen LogP contribution in [0.1, 0.15) is 11.3 Å². The van der Waals surface area contributed by atoms with Gasteiger partial charge in [-0.3, -0.25) is 0 Å². The van der Waals surface area contributed by atoms with Gasteiger partial charge in [-0.05, 0) is 25.5 Å². The quantitative estimate of drug-likeness (QED) is 0.712. The van der Waals surface area contributed by atoms with Crippen LogP contribution in [0.5, 0.6) is 0 Å². The molecule has 0 aliphatic rings. The largest absolute Gasteiger partial charge is 0.368 e. The first kappa shape index (κ1) is 10.9. The van der Waals surface area contributed by atoms with Crippen molar-refractivity contribution in [3.05, 3.63) is 35.5 Å². The zero-order chi connectivity index (χ0) is 12.9. The van der Waals surface area contributed by atoms with E-state index in [1.165, 1.54) is 16.5 Å². The molecular formula is C14H15N3O. The minimum atomic E-state index is 0.341. The van der Waals surface area contributed by atoms with Crippen molar-refractivity contribution in [2.24, 2.45) is 7.05 Å². The highest BCUT2D eigenvalue weighted by molar-refractivity contribution is 5.97. The third kappa shape index (κ3) is 1.42. The molecule has 2 aromatic heterocycles. The minimum absolute atomic E-state index is 0.341. The summed E-state index contributed by atoms with van der Waals surface area (Å²) in [6.45, 7) is 4.17.